The predicted molar refractivity (Wildman–Crippen MR) is 104 cm³/mol. The minimum atomic E-state index is -0.0679. The molecule has 0 aliphatic carbocycles. The first kappa shape index (κ1) is 18.6. The Hall–Kier alpha value is -2.22. The molecule has 3 aromatic rings. The Balaban J connectivity index is 1.79. The summed E-state index contributed by atoms with van der Waals surface area (Å²) in [5.74, 6) is 1.09. The van der Waals surface area contributed by atoms with Crippen LogP contribution in [0.1, 0.15) is 17.0 Å². The fourth-order valence-corrected chi connectivity index (χ4v) is 3.59. The van der Waals surface area contributed by atoms with Crippen molar-refractivity contribution in [3.63, 3.8) is 0 Å². The van der Waals surface area contributed by atoms with Gasteiger partial charge in [-0.2, -0.15) is 9.78 Å². The van der Waals surface area contributed by atoms with Gasteiger partial charge in [-0.05, 0) is 36.8 Å². The molecule has 0 amide bonds. The fraction of sp³-hybridized carbons (Fsp3) is 0.118. The highest BCUT2D eigenvalue weighted by atomic mass is 35.5. The van der Waals surface area contributed by atoms with Crippen molar-refractivity contribution in [1.29, 1.82) is 0 Å². The molecule has 1 heterocycles. The van der Waals surface area contributed by atoms with Crippen LogP contribution in [0.4, 0.5) is 0 Å². The summed E-state index contributed by atoms with van der Waals surface area (Å²) in [4.78, 5) is 0. The second kappa shape index (κ2) is 7.99. The van der Waals surface area contributed by atoms with Crippen LogP contribution in [-0.4, -0.2) is 31.3 Å². The third-order valence-corrected chi connectivity index (χ3v) is 5.02. The van der Waals surface area contributed by atoms with Crippen molar-refractivity contribution in [2.75, 3.05) is 0 Å². The number of benzene rings is 2. The van der Waals surface area contributed by atoms with E-state index in [1.165, 1.54) is 30.1 Å². The van der Waals surface area contributed by atoms with Gasteiger partial charge in [0.15, 0.2) is 5.82 Å². The van der Waals surface area contributed by atoms with E-state index in [0.717, 1.165) is 5.56 Å². The van der Waals surface area contributed by atoms with Crippen LogP contribution >= 0.6 is 35.0 Å². The van der Waals surface area contributed by atoms with Gasteiger partial charge >= 0.3 is 0 Å². The standard InChI is InChI=1S/C17H14Cl2N4O2S/c1-10-21-22-17(26-9-12-2-4-13(18)6-15(12)19)23(10)20-8-11-3-5-14(24)7-16(11)25/h2-8,24-25H,9H2,1H3/b20-8+. The average molecular weight is 409 g/mol. The zero-order valence-corrected chi connectivity index (χ0v) is 15.9. The second-order valence-corrected chi connectivity index (χ2v) is 7.14. The van der Waals surface area contributed by atoms with E-state index in [1.807, 2.05) is 6.07 Å². The molecule has 0 atom stereocenters. The maximum absolute atomic E-state index is 9.84. The van der Waals surface area contributed by atoms with Gasteiger partial charge in [0.1, 0.15) is 11.5 Å². The molecular weight excluding hydrogens is 395 g/mol. The number of nitrogens with zero attached hydrogens (tertiary/aromatic N) is 4. The predicted octanol–water partition coefficient (Wildman–Crippen LogP) is 4.48. The van der Waals surface area contributed by atoms with Crippen molar-refractivity contribution in [2.45, 2.75) is 17.8 Å². The molecule has 0 unspecified atom stereocenters. The summed E-state index contributed by atoms with van der Waals surface area (Å²) in [6.07, 6.45) is 1.48. The van der Waals surface area contributed by atoms with Gasteiger partial charge in [-0.25, -0.2) is 0 Å². The minimum absolute atomic E-state index is 0.0174. The van der Waals surface area contributed by atoms with Gasteiger partial charge < -0.3 is 10.2 Å². The summed E-state index contributed by atoms with van der Waals surface area (Å²) < 4.78 is 1.57. The highest BCUT2D eigenvalue weighted by Crippen LogP contribution is 2.28. The number of aromatic hydroxyl groups is 2. The molecule has 0 radical (unpaired) electrons. The van der Waals surface area contributed by atoms with Crippen LogP contribution in [0.15, 0.2) is 46.7 Å². The number of phenols is 2. The van der Waals surface area contributed by atoms with Crippen molar-refractivity contribution in [1.82, 2.24) is 14.9 Å². The van der Waals surface area contributed by atoms with E-state index in [1.54, 1.807) is 29.8 Å². The summed E-state index contributed by atoms with van der Waals surface area (Å²) >= 11 is 13.5. The van der Waals surface area contributed by atoms with Crippen molar-refractivity contribution in [3.05, 3.63) is 63.4 Å². The second-order valence-electron chi connectivity index (χ2n) is 5.35. The molecule has 6 nitrogen and oxygen atoms in total. The molecule has 0 saturated carbocycles. The van der Waals surface area contributed by atoms with Crippen molar-refractivity contribution in [2.24, 2.45) is 5.10 Å². The monoisotopic (exact) mass is 408 g/mol. The van der Waals surface area contributed by atoms with E-state index in [0.29, 0.717) is 32.3 Å². The Labute approximate surface area is 164 Å². The normalized spacial score (nSPS) is 11.3. The van der Waals surface area contributed by atoms with Crippen LogP contribution in [0.3, 0.4) is 0 Å². The van der Waals surface area contributed by atoms with Crippen molar-refractivity contribution >= 4 is 41.2 Å². The Bertz CT molecular complexity index is 975. The molecule has 2 N–H and O–H groups in total. The number of hydrogen-bond donors (Lipinski definition) is 2. The molecule has 134 valence electrons. The number of aromatic nitrogens is 3. The first-order valence-corrected chi connectivity index (χ1v) is 9.23. The molecule has 26 heavy (non-hydrogen) atoms. The summed E-state index contributed by atoms with van der Waals surface area (Å²) in [7, 11) is 0. The number of hydrogen-bond acceptors (Lipinski definition) is 6. The van der Waals surface area contributed by atoms with E-state index < -0.39 is 0 Å². The quantitative estimate of drug-likeness (QED) is 0.480. The van der Waals surface area contributed by atoms with Gasteiger partial charge in [0.2, 0.25) is 5.16 Å². The maximum atomic E-state index is 9.84. The zero-order valence-electron chi connectivity index (χ0n) is 13.6. The van der Waals surface area contributed by atoms with Crippen LogP contribution in [0.5, 0.6) is 11.5 Å². The lowest BCUT2D eigenvalue weighted by atomic mass is 10.2. The lowest BCUT2D eigenvalue weighted by Crippen LogP contribution is -1.97. The molecule has 9 heteroatoms. The van der Waals surface area contributed by atoms with E-state index in [2.05, 4.69) is 15.3 Å². The summed E-state index contributed by atoms with van der Waals surface area (Å²) in [5, 5.41) is 33.4. The molecule has 0 saturated heterocycles. The topological polar surface area (TPSA) is 83.5 Å². The molecule has 1 aromatic heterocycles. The molecule has 0 spiro atoms. The van der Waals surface area contributed by atoms with Crippen molar-refractivity contribution in [3.8, 4) is 11.5 Å². The summed E-state index contributed by atoms with van der Waals surface area (Å²) in [6, 6.07) is 9.62. The maximum Gasteiger partial charge on any atom is 0.212 e. The lowest BCUT2D eigenvalue weighted by Gasteiger charge is -2.05. The molecule has 0 aliphatic rings. The molecule has 0 aliphatic heterocycles. The highest BCUT2D eigenvalue weighted by Gasteiger charge is 2.11. The molecule has 0 bridgehead atoms. The van der Waals surface area contributed by atoms with Crippen molar-refractivity contribution < 1.29 is 10.2 Å². The van der Waals surface area contributed by atoms with Gasteiger partial charge in [-0.3, -0.25) is 0 Å². The highest BCUT2D eigenvalue weighted by molar-refractivity contribution is 7.98. The van der Waals surface area contributed by atoms with E-state index >= 15 is 0 Å². The number of aryl methyl sites for hydroxylation is 1. The van der Waals surface area contributed by atoms with Gasteiger partial charge in [0.05, 0.1) is 6.21 Å². The Kier molecular flexibility index (Phi) is 5.70. The largest absolute Gasteiger partial charge is 0.508 e. The molecule has 2 aromatic carbocycles. The Morgan fingerprint density at radius 3 is 2.69 bits per heavy atom. The van der Waals surface area contributed by atoms with Gasteiger partial charge in [0.25, 0.3) is 0 Å². The van der Waals surface area contributed by atoms with Crippen LogP contribution in [-0.2, 0) is 5.75 Å². The Morgan fingerprint density at radius 2 is 1.96 bits per heavy atom. The third kappa shape index (κ3) is 4.30. The average Bonchev–Trinajstić information content (AvgIpc) is 2.93. The fourth-order valence-electron chi connectivity index (χ4n) is 2.10. The number of rotatable bonds is 5. The molecule has 0 fully saturated rings. The number of thioether (sulfide) groups is 1. The summed E-state index contributed by atoms with van der Waals surface area (Å²) in [5.41, 5.74) is 1.39. The third-order valence-electron chi connectivity index (χ3n) is 3.47. The van der Waals surface area contributed by atoms with Gasteiger partial charge in [0, 0.05) is 27.4 Å². The van der Waals surface area contributed by atoms with E-state index in [9.17, 15) is 10.2 Å². The van der Waals surface area contributed by atoms with E-state index in [4.69, 9.17) is 23.2 Å². The Morgan fingerprint density at radius 1 is 1.15 bits per heavy atom. The lowest BCUT2D eigenvalue weighted by molar-refractivity contribution is 0.450. The summed E-state index contributed by atoms with van der Waals surface area (Å²) in [6.45, 7) is 1.78. The first-order valence-electron chi connectivity index (χ1n) is 7.49. The minimum Gasteiger partial charge on any atom is -0.508 e. The number of phenolic OH excluding ortho intramolecular Hbond substituents is 2. The van der Waals surface area contributed by atoms with Crippen LogP contribution in [0.2, 0.25) is 10.0 Å². The zero-order chi connectivity index (χ0) is 18.7. The molecule has 3 rings (SSSR count). The first-order chi connectivity index (χ1) is 12.4. The number of halogens is 2. The van der Waals surface area contributed by atoms with Gasteiger partial charge in [-0.1, -0.05) is 41.0 Å². The van der Waals surface area contributed by atoms with Crippen LogP contribution in [0.25, 0.3) is 0 Å². The smallest absolute Gasteiger partial charge is 0.212 e. The SMILES string of the molecule is Cc1nnc(SCc2ccc(Cl)cc2Cl)n1/N=C/c1ccc(O)cc1O. The van der Waals surface area contributed by atoms with Crippen LogP contribution < -0.4 is 0 Å². The van der Waals surface area contributed by atoms with Crippen LogP contribution in [0, 0.1) is 6.92 Å². The van der Waals surface area contributed by atoms with Gasteiger partial charge in [-0.15, -0.1) is 10.2 Å². The van der Waals surface area contributed by atoms with E-state index in [-0.39, 0.29) is 11.5 Å². The molecular formula is C17H14Cl2N4O2S.